The van der Waals surface area contributed by atoms with Gasteiger partial charge in [0.2, 0.25) is 0 Å². The summed E-state index contributed by atoms with van der Waals surface area (Å²) in [5.74, 6) is 0. The second kappa shape index (κ2) is 6.20. The van der Waals surface area contributed by atoms with E-state index in [0.29, 0.717) is 0 Å². The lowest BCUT2D eigenvalue weighted by atomic mass is 9.96. The number of nitrogens with one attached hydrogen (secondary N) is 1. The summed E-state index contributed by atoms with van der Waals surface area (Å²) in [6.07, 6.45) is 4.85. The van der Waals surface area contributed by atoms with Crippen molar-refractivity contribution in [1.29, 1.82) is 0 Å². The molecule has 0 saturated heterocycles. The fourth-order valence-corrected chi connectivity index (χ4v) is 3.45. The Morgan fingerprint density at radius 2 is 2.05 bits per heavy atom. The highest BCUT2D eigenvalue weighted by Gasteiger charge is 2.19. The van der Waals surface area contributed by atoms with Crippen LogP contribution in [0.15, 0.2) is 24.3 Å². The molecule has 1 aliphatic carbocycles. The second-order valence-corrected chi connectivity index (χ2v) is 6.23. The Kier molecular flexibility index (Phi) is 4.32. The lowest BCUT2D eigenvalue weighted by Gasteiger charge is -2.17. The molecule has 0 saturated carbocycles. The van der Waals surface area contributed by atoms with Gasteiger partial charge in [0.25, 0.3) is 0 Å². The molecule has 0 bridgehead atoms. The molecule has 4 heteroatoms. The van der Waals surface area contributed by atoms with Crippen molar-refractivity contribution in [2.75, 3.05) is 0 Å². The van der Waals surface area contributed by atoms with Crippen LogP contribution in [0.25, 0.3) is 0 Å². The van der Waals surface area contributed by atoms with Gasteiger partial charge in [-0.2, -0.15) is 5.10 Å². The standard InChI is InChI=1S/C17H22ClN3/c1-12(13-7-3-5-9-15(13)18)19-11-17-14-8-4-6-10-16(14)20-21(17)2/h3,5,7,9,12,19H,4,6,8,10-11H2,1-2H3/t12-/m0/s1. The van der Waals surface area contributed by atoms with Crippen LogP contribution in [0.2, 0.25) is 5.02 Å². The zero-order valence-corrected chi connectivity index (χ0v) is 13.5. The van der Waals surface area contributed by atoms with E-state index >= 15 is 0 Å². The number of rotatable bonds is 4. The summed E-state index contributed by atoms with van der Waals surface area (Å²) in [5.41, 5.74) is 5.23. The summed E-state index contributed by atoms with van der Waals surface area (Å²) in [5, 5.41) is 9.08. The van der Waals surface area contributed by atoms with Crippen LogP contribution >= 0.6 is 11.6 Å². The molecule has 0 spiro atoms. The lowest BCUT2D eigenvalue weighted by Crippen LogP contribution is -2.21. The van der Waals surface area contributed by atoms with Crippen molar-refractivity contribution in [3.63, 3.8) is 0 Å². The number of hydrogen-bond donors (Lipinski definition) is 1. The van der Waals surface area contributed by atoms with Crippen molar-refractivity contribution in [1.82, 2.24) is 15.1 Å². The number of aromatic nitrogens is 2. The maximum absolute atomic E-state index is 6.27. The number of aryl methyl sites for hydroxylation is 2. The van der Waals surface area contributed by atoms with Crippen LogP contribution in [0, 0.1) is 0 Å². The summed E-state index contributed by atoms with van der Waals surface area (Å²) in [4.78, 5) is 0. The van der Waals surface area contributed by atoms with Gasteiger partial charge in [0.15, 0.2) is 0 Å². The van der Waals surface area contributed by atoms with Gasteiger partial charge in [-0.25, -0.2) is 0 Å². The molecule has 1 aromatic carbocycles. The first-order valence-corrected chi connectivity index (χ1v) is 8.06. The Balaban J connectivity index is 1.73. The monoisotopic (exact) mass is 303 g/mol. The number of nitrogens with zero attached hydrogens (tertiary/aromatic N) is 2. The summed E-state index contributed by atoms with van der Waals surface area (Å²) in [6.45, 7) is 3.00. The minimum absolute atomic E-state index is 0.229. The van der Waals surface area contributed by atoms with E-state index in [0.717, 1.165) is 23.6 Å². The molecule has 21 heavy (non-hydrogen) atoms. The van der Waals surface area contributed by atoms with Crippen molar-refractivity contribution in [2.45, 2.75) is 45.2 Å². The minimum atomic E-state index is 0.229. The van der Waals surface area contributed by atoms with Gasteiger partial charge in [-0.15, -0.1) is 0 Å². The zero-order chi connectivity index (χ0) is 14.8. The molecule has 0 fully saturated rings. The molecule has 112 valence electrons. The van der Waals surface area contributed by atoms with Crippen molar-refractivity contribution in [3.8, 4) is 0 Å². The number of benzene rings is 1. The molecule has 1 aliphatic rings. The number of fused-ring (bicyclic) bond motifs is 1. The summed E-state index contributed by atoms with van der Waals surface area (Å²) in [6, 6.07) is 8.26. The second-order valence-electron chi connectivity index (χ2n) is 5.83. The highest BCUT2D eigenvalue weighted by atomic mass is 35.5. The molecule has 0 radical (unpaired) electrons. The van der Waals surface area contributed by atoms with Gasteiger partial charge >= 0.3 is 0 Å². The summed E-state index contributed by atoms with van der Waals surface area (Å²) < 4.78 is 2.04. The van der Waals surface area contributed by atoms with E-state index in [1.54, 1.807) is 0 Å². The normalized spacial score (nSPS) is 15.8. The Morgan fingerprint density at radius 1 is 1.29 bits per heavy atom. The van der Waals surface area contributed by atoms with Crippen molar-refractivity contribution >= 4 is 11.6 Å². The van der Waals surface area contributed by atoms with Crippen molar-refractivity contribution in [3.05, 3.63) is 51.8 Å². The lowest BCUT2D eigenvalue weighted by molar-refractivity contribution is 0.545. The average Bonchev–Trinajstić information content (AvgIpc) is 2.81. The zero-order valence-electron chi connectivity index (χ0n) is 12.7. The van der Waals surface area contributed by atoms with Gasteiger partial charge in [-0.1, -0.05) is 29.8 Å². The highest BCUT2D eigenvalue weighted by molar-refractivity contribution is 6.31. The fourth-order valence-electron chi connectivity index (χ4n) is 3.15. The predicted octanol–water partition coefficient (Wildman–Crippen LogP) is 3.80. The van der Waals surface area contributed by atoms with Crippen LogP contribution in [0.5, 0.6) is 0 Å². The quantitative estimate of drug-likeness (QED) is 0.931. The molecular formula is C17H22ClN3. The Hall–Kier alpha value is -1.32. The molecule has 0 aliphatic heterocycles. The molecule has 1 atom stereocenters. The van der Waals surface area contributed by atoms with Crippen LogP contribution in [-0.4, -0.2) is 9.78 Å². The van der Waals surface area contributed by atoms with E-state index in [2.05, 4.69) is 30.5 Å². The topological polar surface area (TPSA) is 29.9 Å². The molecule has 3 nitrogen and oxygen atoms in total. The summed E-state index contributed by atoms with van der Waals surface area (Å²) in [7, 11) is 2.05. The van der Waals surface area contributed by atoms with E-state index in [4.69, 9.17) is 11.6 Å². The van der Waals surface area contributed by atoms with E-state index in [-0.39, 0.29) is 6.04 Å². The minimum Gasteiger partial charge on any atom is -0.305 e. The maximum atomic E-state index is 6.27. The van der Waals surface area contributed by atoms with Gasteiger partial charge in [0.05, 0.1) is 11.4 Å². The van der Waals surface area contributed by atoms with Crippen LogP contribution in [0.1, 0.15) is 48.3 Å². The SMILES string of the molecule is C[C@H](NCc1c2c(nn1C)CCCC2)c1ccccc1Cl. The van der Waals surface area contributed by atoms with Crippen molar-refractivity contribution in [2.24, 2.45) is 7.05 Å². The van der Waals surface area contributed by atoms with E-state index in [1.807, 2.05) is 22.9 Å². The Morgan fingerprint density at radius 3 is 2.86 bits per heavy atom. The van der Waals surface area contributed by atoms with E-state index in [1.165, 1.54) is 36.2 Å². The van der Waals surface area contributed by atoms with Crippen LogP contribution in [0.4, 0.5) is 0 Å². The molecule has 3 rings (SSSR count). The highest BCUT2D eigenvalue weighted by Crippen LogP contribution is 2.25. The molecule has 1 heterocycles. The molecular weight excluding hydrogens is 282 g/mol. The predicted molar refractivity (Wildman–Crippen MR) is 86.6 cm³/mol. The van der Waals surface area contributed by atoms with E-state index in [9.17, 15) is 0 Å². The smallest absolute Gasteiger partial charge is 0.0659 e. The van der Waals surface area contributed by atoms with E-state index < -0.39 is 0 Å². The summed E-state index contributed by atoms with van der Waals surface area (Å²) >= 11 is 6.27. The van der Waals surface area contributed by atoms with Gasteiger partial charge in [-0.3, -0.25) is 4.68 Å². The fraction of sp³-hybridized carbons (Fsp3) is 0.471. The number of halogens is 1. The number of hydrogen-bond acceptors (Lipinski definition) is 2. The third-order valence-corrected chi connectivity index (χ3v) is 4.74. The Labute approximate surface area is 131 Å². The average molecular weight is 304 g/mol. The molecule has 0 amide bonds. The third kappa shape index (κ3) is 2.99. The van der Waals surface area contributed by atoms with Crippen LogP contribution in [-0.2, 0) is 26.4 Å². The van der Waals surface area contributed by atoms with Crippen LogP contribution < -0.4 is 5.32 Å². The molecule has 1 N–H and O–H groups in total. The first kappa shape index (κ1) is 14.6. The van der Waals surface area contributed by atoms with Gasteiger partial charge < -0.3 is 5.32 Å². The van der Waals surface area contributed by atoms with Gasteiger partial charge in [-0.05, 0) is 49.8 Å². The van der Waals surface area contributed by atoms with Crippen LogP contribution in [0.3, 0.4) is 0 Å². The van der Waals surface area contributed by atoms with Gasteiger partial charge in [0, 0.05) is 24.7 Å². The third-order valence-electron chi connectivity index (χ3n) is 4.40. The molecule has 2 aromatic rings. The first-order valence-electron chi connectivity index (χ1n) is 7.68. The molecule has 0 unspecified atom stereocenters. The first-order chi connectivity index (χ1) is 10.2. The Bertz CT molecular complexity index is 633. The van der Waals surface area contributed by atoms with Crippen molar-refractivity contribution < 1.29 is 0 Å². The largest absolute Gasteiger partial charge is 0.305 e. The van der Waals surface area contributed by atoms with Gasteiger partial charge in [0.1, 0.15) is 0 Å². The molecule has 1 aromatic heterocycles. The maximum Gasteiger partial charge on any atom is 0.0659 e.